The summed E-state index contributed by atoms with van der Waals surface area (Å²) >= 11 is 0. The fourth-order valence-electron chi connectivity index (χ4n) is 1.68. The first-order valence-electron chi connectivity index (χ1n) is 6.28. The van der Waals surface area contributed by atoms with Gasteiger partial charge in [-0.2, -0.15) is 0 Å². The molecule has 2 N–H and O–H groups in total. The number of hydrogen-bond acceptors (Lipinski definition) is 3. The Morgan fingerprint density at radius 1 is 1.30 bits per heavy atom. The molecule has 20 heavy (non-hydrogen) atoms. The van der Waals surface area contributed by atoms with Gasteiger partial charge in [0, 0.05) is 12.2 Å². The molecule has 0 radical (unpaired) electrons. The van der Waals surface area contributed by atoms with Crippen molar-refractivity contribution in [3.05, 3.63) is 53.9 Å². The van der Waals surface area contributed by atoms with Crippen molar-refractivity contribution in [2.45, 2.75) is 13.5 Å². The number of aryl methyl sites for hydroxylation is 1. The molecule has 0 aliphatic heterocycles. The highest BCUT2D eigenvalue weighted by atomic mass is 16.5. The van der Waals surface area contributed by atoms with E-state index < -0.39 is 0 Å². The Kier molecular flexibility index (Phi) is 4.55. The molecule has 1 heterocycles. The number of amides is 2. The van der Waals surface area contributed by atoms with Crippen LogP contribution in [0.1, 0.15) is 11.3 Å². The van der Waals surface area contributed by atoms with E-state index in [1.807, 2.05) is 43.3 Å². The van der Waals surface area contributed by atoms with Crippen molar-refractivity contribution in [2.75, 3.05) is 12.4 Å². The maximum Gasteiger partial charge on any atom is 0.319 e. The fraction of sp³-hybridized carbons (Fsp3) is 0.200. The topological polar surface area (TPSA) is 63.2 Å². The Hall–Kier alpha value is -2.56. The van der Waals surface area contributed by atoms with E-state index in [-0.39, 0.29) is 6.03 Å². The van der Waals surface area contributed by atoms with E-state index in [1.165, 1.54) is 0 Å². The second kappa shape index (κ2) is 6.56. The van der Waals surface area contributed by atoms with Gasteiger partial charge in [-0.05, 0) is 36.8 Å². The van der Waals surface area contributed by atoms with Crippen molar-refractivity contribution in [1.29, 1.82) is 0 Å². The Bertz CT molecular complexity index is 582. The molecule has 0 saturated heterocycles. The van der Waals surface area contributed by atoms with E-state index in [4.69, 9.17) is 4.74 Å². The van der Waals surface area contributed by atoms with Gasteiger partial charge in [0.1, 0.15) is 5.75 Å². The highest BCUT2D eigenvalue weighted by Crippen LogP contribution is 2.12. The molecule has 5 heteroatoms. The number of carbonyl (C=O) groups excluding carboxylic acids is 1. The predicted octanol–water partition coefficient (Wildman–Crippen LogP) is 2.72. The third kappa shape index (κ3) is 3.98. The molecule has 0 bridgehead atoms. The van der Waals surface area contributed by atoms with Crippen molar-refractivity contribution in [2.24, 2.45) is 0 Å². The molecule has 0 spiro atoms. The quantitative estimate of drug-likeness (QED) is 0.898. The summed E-state index contributed by atoms with van der Waals surface area (Å²) in [5.41, 5.74) is 2.55. The molecule has 1 aromatic heterocycles. The molecule has 2 rings (SSSR count). The molecule has 104 valence electrons. The average molecular weight is 271 g/mol. The van der Waals surface area contributed by atoms with Crippen LogP contribution in [-0.2, 0) is 6.54 Å². The van der Waals surface area contributed by atoms with Crippen LogP contribution in [0.25, 0.3) is 0 Å². The van der Waals surface area contributed by atoms with Gasteiger partial charge >= 0.3 is 6.03 Å². The molecule has 2 amide bonds. The minimum atomic E-state index is -0.265. The monoisotopic (exact) mass is 271 g/mol. The summed E-state index contributed by atoms with van der Waals surface area (Å²) < 4.78 is 5.13. The predicted molar refractivity (Wildman–Crippen MR) is 77.8 cm³/mol. The van der Waals surface area contributed by atoms with Crippen LogP contribution in [0.5, 0.6) is 5.75 Å². The molecule has 1 aromatic carbocycles. The van der Waals surface area contributed by atoms with Gasteiger partial charge in [-0.3, -0.25) is 4.98 Å². The zero-order valence-electron chi connectivity index (χ0n) is 11.5. The lowest BCUT2D eigenvalue weighted by molar-refractivity contribution is 0.251. The van der Waals surface area contributed by atoms with Gasteiger partial charge in [-0.15, -0.1) is 0 Å². The summed E-state index contributed by atoms with van der Waals surface area (Å²) in [5, 5.41) is 5.50. The molecular formula is C15H17N3O2. The number of benzene rings is 1. The van der Waals surface area contributed by atoms with Crippen molar-refractivity contribution >= 4 is 11.7 Å². The van der Waals surface area contributed by atoms with Crippen LogP contribution < -0.4 is 15.4 Å². The molecule has 0 aliphatic carbocycles. The number of nitrogens with one attached hydrogen (secondary N) is 2. The number of methoxy groups -OCH3 is 1. The zero-order valence-corrected chi connectivity index (χ0v) is 11.5. The van der Waals surface area contributed by atoms with Crippen LogP contribution in [0, 0.1) is 6.92 Å². The molecule has 0 atom stereocenters. The third-order valence-corrected chi connectivity index (χ3v) is 2.76. The van der Waals surface area contributed by atoms with E-state index in [0.717, 1.165) is 17.0 Å². The van der Waals surface area contributed by atoms with Crippen molar-refractivity contribution < 1.29 is 9.53 Å². The highest BCUT2D eigenvalue weighted by Gasteiger charge is 2.02. The number of carbonyl (C=O) groups is 1. The van der Waals surface area contributed by atoms with Crippen molar-refractivity contribution in [3.8, 4) is 5.75 Å². The van der Waals surface area contributed by atoms with E-state index in [9.17, 15) is 4.79 Å². The Morgan fingerprint density at radius 2 is 2.15 bits per heavy atom. The summed E-state index contributed by atoms with van der Waals surface area (Å²) in [7, 11) is 1.61. The molecule has 0 saturated carbocycles. The summed E-state index contributed by atoms with van der Waals surface area (Å²) in [6, 6.07) is 11.0. The van der Waals surface area contributed by atoms with E-state index in [1.54, 1.807) is 13.3 Å². The van der Waals surface area contributed by atoms with Crippen LogP contribution in [0.3, 0.4) is 0 Å². The number of nitrogens with zero attached hydrogens (tertiary/aromatic N) is 1. The maximum absolute atomic E-state index is 11.7. The molecule has 0 fully saturated rings. The zero-order chi connectivity index (χ0) is 14.4. The lowest BCUT2D eigenvalue weighted by Crippen LogP contribution is -2.28. The molecule has 5 nitrogen and oxygen atoms in total. The normalized spacial score (nSPS) is 9.90. The molecule has 0 aliphatic rings. The summed E-state index contributed by atoms with van der Waals surface area (Å²) in [5.74, 6) is 0.771. The van der Waals surface area contributed by atoms with Crippen LogP contribution in [-0.4, -0.2) is 18.1 Å². The van der Waals surface area contributed by atoms with Gasteiger partial charge in [0.05, 0.1) is 19.0 Å². The lowest BCUT2D eigenvalue weighted by atomic mass is 10.2. The maximum atomic E-state index is 11.7. The van der Waals surface area contributed by atoms with Gasteiger partial charge in [0.15, 0.2) is 0 Å². The Balaban J connectivity index is 1.87. The van der Waals surface area contributed by atoms with Gasteiger partial charge < -0.3 is 15.4 Å². The number of hydrogen-bond donors (Lipinski definition) is 2. The third-order valence-electron chi connectivity index (χ3n) is 2.76. The van der Waals surface area contributed by atoms with Gasteiger partial charge in [0.25, 0.3) is 0 Å². The van der Waals surface area contributed by atoms with Crippen molar-refractivity contribution in [1.82, 2.24) is 10.3 Å². The van der Waals surface area contributed by atoms with E-state index in [0.29, 0.717) is 12.2 Å². The number of ether oxygens (including phenoxy) is 1. The van der Waals surface area contributed by atoms with Gasteiger partial charge in [0.2, 0.25) is 0 Å². The Morgan fingerprint density at radius 3 is 2.85 bits per heavy atom. The lowest BCUT2D eigenvalue weighted by Gasteiger charge is -2.08. The summed E-state index contributed by atoms with van der Waals surface area (Å²) in [4.78, 5) is 15.9. The van der Waals surface area contributed by atoms with E-state index >= 15 is 0 Å². The molecule has 2 aromatic rings. The highest BCUT2D eigenvalue weighted by molar-refractivity contribution is 5.88. The standard InChI is InChI=1S/C15H17N3O2/c1-11-6-7-13(10-16-11)18-15(19)17-9-12-4-3-5-14(8-12)20-2/h3-8,10H,9H2,1-2H3,(H2,17,18,19). The minimum absolute atomic E-state index is 0.265. The van der Waals surface area contributed by atoms with Crippen LogP contribution in [0.4, 0.5) is 10.5 Å². The second-order valence-electron chi connectivity index (χ2n) is 4.35. The SMILES string of the molecule is COc1cccc(CNC(=O)Nc2ccc(C)nc2)c1. The largest absolute Gasteiger partial charge is 0.497 e. The van der Waals surface area contributed by atoms with Crippen LogP contribution in [0.2, 0.25) is 0 Å². The van der Waals surface area contributed by atoms with Crippen molar-refractivity contribution in [3.63, 3.8) is 0 Å². The number of anilines is 1. The van der Waals surface area contributed by atoms with Gasteiger partial charge in [-0.1, -0.05) is 12.1 Å². The average Bonchev–Trinajstić information content (AvgIpc) is 2.48. The number of urea groups is 1. The molecular weight excluding hydrogens is 254 g/mol. The molecule has 0 unspecified atom stereocenters. The first-order valence-corrected chi connectivity index (χ1v) is 6.28. The number of rotatable bonds is 4. The first-order chi connectivity index (χ1) is 9.67. The minimum Gasteiger partial charge on any atom is -0.497 e. The van der Waals surface area contributed by atoms with Crippen LogP contribution >= 0.6 is 0 Å². The number of aromatic nitrogens is 1. The Labute approximate surface area is 118 Å². The smallest absolute Gasteiger partial charge is 0.319 e. The van der Waals surface area contributed by atoms with Gasteiger partial charge in [-0.25, -0.2) is 4.79 Å². The summed E-state index contributed by atoms with van der Waals surface area (Å²) in [6.45, 7) is 2.33. The number of pyridine rings is 1. The summed E-state index contributed by atoms with van der Waals surface area (Å²) in [6.07, 6.45) is 1.63. The van der Waals surface area contributed by atoms with E-state index in [2.05, 4.69) is 15.6 Å². The fourth-order valence-corrected chi connectivity index (χ4v) is 1.68. The van der Waals surface area contributed by atoms with Crippen LogP contribution in [0.15, 0.2) is 42.6 Å². The second-order valence-corrected chi connectivity index (χ2v) is 4.35. The first kappa shape index (κ1) is 13.9.